The molecule has 1 aliphatic heterocycles. The third-order valence-electron chi connectivity index (χ3n) is 12.1. The molecular formula is C45H74O8Si3. The van der Waals surface area contributed by atoms with Gasteiger partial charge in [-0.3, -0.25) is 9.59 Å². The molecular weight excluding hydrogens is 753 g/mol. The number of hydrogen-bond donors (Lipinski definition) is 1. The standard InChI is InChI=1S/C45H74O8Si3/c1-15-55(16-2,17-3)52-38(28-34(4)33-54(12,13)14)32-45(49-11)44(9,10)41(50-35(5)46)30-36(51-45)29-37(31-42(47)48)53-56(43(6,7)8,39-24-20-18-21-25-39)40-26-22-19-23-27-40/h18-27,36-38,41H,4,15-17,28-33H2,1-3,5-14H3,(H,47,48)/t36-,37-,38+,41+,45?/m1/s1. The van der Waals surface area contributed by atoms with Crippen molar-refractivity contribution in [3.63, 3.8) is 0 Å². The van der Waals surface area contributed by atoms with Crippen LogP contribution in [-0.2, 0) is 32.7 Å². The van der Waals surface area contributed by atoms with E-state index in [4.69, 9.17) is 23.1 Å². The maximum Gasteiger partial charge on any atom is 0.305 e. The SMILES string of the molecule is C=C(C[C@@H](CC1(OC)O[C@H](C[C@H](CC(=O)O)O[Si](c2ccccc2)(c2ccccc2)C(C)(C)C)C[C@H](OC(C)=O)C1(C)C)O[Si](CC)(CC)CC)C[Si](C)(C)C. The zero-order valence-electron chi connectivity index (χ0n) is 37.0. The lowest BCUT2D eigenvalue weighted by molar-refractivity contribution is -0.355. The highest BCUT2D eigenvalue weighted by Gasteiger charge is 2.60. The summed E-state index contributed by atoms with van der Waals surface area (Å²) in [4.78, 5) is 25.5. The number of hydrogen-bond acceptors (Lipinski definition) is 7. The molecule has 56 heavy (non-hydrogen) atoms. The first kappa shape index (κ1) is 48.0. The molecule has 1 unspecified atom stereocenters. The maximum atomic E-state index is 12.8. The van der Waals surface area contributed by atoms with Gasteiger partial charge in [-0.05, 0) is 52.4 Å². The highest BCUT2D eigenvalue weighted by atomic mass is 28.4. The lowest BCUT2D eigenvalue weighted by atomic mass is 9.70. The molecule has 0 aliphatic carbocycles. The zero-order chi connectivity index (χ0) is 42.2. The Morgan fingerprint density at radius 1 is 0.893 bits per heavy atom. The van der Waals surface area contributed by atoms with Crippen LogP contribution in [0, 0.1) is 5.41 Å². The highest BCUT2D eigenvalue weighted by Crippen LogP contribution is 2.51. The molecule has 5 atom stereocenters. The summed E-state index contributed by atoms with van der Waals surface area (Å²) < 4.78 is 34.7. The Labute approximate surface area is 342 Å². The van der Waals surface area contributed by atoms with Crippen LogP contribution in [0.2, 0.25) is 48.9 Å². The van der Waals surface area contributed by atoms with Gasteiger partial charge in [-0.15, -0.1) is 6.58 Å². The van der Waals surface area contributed by atoms with Crippen LogP contribution in [0.3, 0.4) is 0 Å². The average Bonchev–Trinajstić information content (AvgIpc) is 3.10. The molecule has 1 fully saturated rings. The molecule has 0 amide bonds. The molecule has 1 N–H and O–H groups in total. The Kier molecular flexibility index (Phi) is 16.8. The van der Waals surface area contributed by atoms with E-state index in [0.717, 1.165) is 34.5 Å². The number of methoxy groups -OCH3 is 1. The van der Waals surface area contributed by atoms with Gasteiger partial charge in [0, 0.05) is 34.9 Å². The van der Waals surface area contributed by atoms with Crippen molar-refractivity contribution in [3.8, 4) is 0 Å². The molecule has 1 heterocycles. The van der Waals surface area contributed by atoms with Gasteiger partial charge in [0.15, 0.2) is 14.1 Å². The van der Waals surface area contributed by atoms with Gasteiger partial charge in [0.25, 0.3) is 8.32 Å². The van der Waals surface area contributed by atoms with E-state index in [9.17, 15) is 14.7 Å². The summed E-state index contributed by atoms with van der Waals surface area (Å²) in [5, 5.41) is 12.2. The normalized spacial score (nSPS) is 21.6. The van der Waals surface area contributed by atoms with Gasteiger partial charge in [-0.1, -0.05) is 141 Å². The minimum atomic E-state index is -3.14. The second-order valence-electron chi connectivity index (χ2n) is 18.9. The summed E-state index contributed by atoms with van der Waals surface area (Å²) in [5.74, 6) is -2.57. The molecule has 2 aromatic carbocycles. The maximum absolute atomic E-state index is 12.8. The molecule has 1 saturated heterocycles. The highest BCUT2D eigenvalue weighted by molar-refractivity contribution is 6.99. The van der Waals surface area contributed by atoms with Gasteiger partial charge in [-0.2, -0.15) is 0 Å². The summed E-state index contributed by atoms with van der Waals surface area (Å²) in [6.07, 6.45) is -0.573. The number of benzene rings is 2. The number of carboxylic acid groups (broad SMARTS) is 1. The summed E-state index contributed by atoms with van der Waals surface area (Å²) in [5.41, 5.74) is 0.385. The van der Waals surface area contributed by atoms with E-state index in [-0.39, 0.29) is 30.0 Å². The van der Waals surface area contributed by atoms with Crippen LogP contribution < -0.4 is 10.4 Å². The third kappa shape index (κ3) is 11.6. The van der Waals surface area contributed by atoms with Gasteiger partial charge in [-0.25, -0.2) is 0 Å². The monoisotopic (exact) mass is 826 g/mol. The Hall–Kier alpha value is -2.39. The summed E-state index contributed by atoms with van der Waals surface area (Å²) >= 11 is 0. The van der Waals surface area contributed by atoms with E-state index in [2.05, 4.69) is 92.0 Å². The smallest absolute Gasteiger partial charge is 0.305 e. The molecule has 0 saturated carbocycles. The molecule has 0 aromatic heterocycles. The van der Waals surface area contributed by atoms with Gasteiger partial charge >= 0.3 is 11.9 Å². The first-order valence-corrected chi connectivity index (χ1v) is 28.9. The number of carbonyl (C=O) groups is 2. The van der Waals surface area contributed by atoms with E-state index < -0.39 is 60.2 Å². The number of aliphatic carboxylic acids is 1. The minimum absolute atomic E-state index is 0.216. The van der Waals surface area contributed by atoms with Crippen LogP contribution in [0.5, 0.6) is 0 Å². The van der Waals surface area contributed by atoms with E-state index in [1.165, 1.54) is 12.5 Å². The van der Waals surface area contributed by atoms with Gasteiger partial charge < -0.3 is 28.2 Å². The predicted molar refractivity (Wildman–Crippen MR) is 237 cm³/mol. The summed E-state index contributed by atoms with van der Waals surface area (Å²) in [7, 11) is -5.03. The molecule has 0 spiro atoms. The van der Waals surface area contributed by atoms with Gasteiger partial charge in [0.2, 0.25) is 0 Å². The van der Waals surface area contributed by atoms with E-state index in [0.29, 0.717) is 19.3 Å². The van der Waals surface area contributed by atoms with E-state index in [1.807, 2.05) is 50.2 Å². The second-order valence-corrected chi connectivity index (χ2v) is 33.3. The molecule has 314 valence electrons. The Balaban J connectivity index is 2.18. The topological polar surface area (TPSA) is 101 Å². The number of carbonyl (C=O) groups excluding carboxylic acids is 1. The van der Waals surface area contributed by atoms with Gasteiger partial charge in [0.1, 0.15) is 6.10 Å². The molecule has 3 rings (SSSR count). The quantitative estimate of drug-likeness (QED) is 0.0755. The lowest BCUT2D eigenvalue weighted by Crippen LogP contribution is -2.68. The van der Waals surface area contributed by atoms with Crippen LogP contribution in [0.4, 0.5) is 0 Å². The molecule has 2 aromatic rings. The van der Waals surface area contributed by atoms with Crippen molar-refractivity contribution < 1.29 is 37.8 Å². The van der Waals surface area contributed by atoms with Crippen LogP contribution in [0.1, 0.15) is 94.4 Å². The van der Waals surface area contributed by atoms with E-state index >= 15 is 0 Å². The third-order valence-corrected chi connectivity index (χ3v) is 23.4. The van der Waals surface area contributed by atoms with Crippen molar-refractivity contribution in [2.45, 2.75) is 173 Å². The number of esters is 1. The van der Waals surface area contributed by atoms with Crippen molar-refractivity contribution in [1.29, 1.82) is 0 Å². The van der Waals surface area contributed by atoms with Gasteiger partial charge in [0.05, 0.1) is 30.1 Å². The van der Waals surface area contributed by atoms with Crippen molar-refractivity contribution in [1.82, 2.24) is 0 Å². The fraction of sp³-hybridized carbons (Fsp3) is 0.644. The van der Waals surface area contributed by atoms with Crippen LogP contribution in [-0.4, -0.2) is 79.1 Å². The largest absolute Gasteiger partial charge is 0.481 e. The first-order valence-electron chi connectivity index (χ1n) is 20.8. The summed E-state index contributed by atoms with van der Waals surface area (Å²) in [6.45, 7) is 30.4. The van der Waals surface area contributed by atoms with Crippen molar-refractivity contribution in [2.75, 3.05) is 7.11 Å². The van der Waals surface area contributed by atoms with Crippen molar-refractivity contribution in [3.05, 3.63) is 72.8 Å². The fourth-order valence-corrected chi connectivity index (χ4v) is 18.3. The Morgan fingerprint density at radius 2 is 1.41 bits per heavy atom. The van der Waals surface area contributed by atoms with Crippen LogP contribution in [0.15, 0.2) is 72.8 Å². The first-order chi connectivity index (χ1) is 26.0. The molecule has 0 radical (unpaired) electrons. The minimum Gasteiger partial charge on any atom is -0.481 e. The number of rotatable bonds is 21. The van der Waals surface area contributed by atoms with E-state index in [1.54, 1.807) is 7.11 Å². The lowest BCUT2D eigenvalue weighted by Gasteiger charge is -2.56. The zero-order valence-corrected chi connectivity index (χ0v) is 40.0. The average molecular weight is 827 g/mol. The van der Waals surface area contributed by atoms with Crippen LogP contribution >= 0.6 is 0 Å². The second kappa shape index (κ2) is 19.6. The predicted octanol–water partition coefficient (Wildman–Crippen LogP) is 9.95. The van der Waals surface area contributed by atoms with Crippen molar-refractivity contribution in [2.24, 2.45) is 5.41 Å². The summed E-state index contributed by atoms with van der Waals surface area (Å²) in [6, 6.07) is 24.5. The molecule has 1 aliphatic rings. The molecule has 0 bridgehead atoms. The Bertz CT molecular complexity index is 1520. The van der Waals surface area contributed by atoms with Crippen molar-refractivity contribution >= 4 is 47.0 Å². The van der Waals surface area contributed by atoms with Crippen LogP contribution in [0.25, 0.3) is 0 Å². The number of ether oxygens (including phenoxy) is 3. The molecule has 8 nitrogen and oxygen atoms in total. The fourth-order valence-electron chi connectivity index (χ4n) is 9.05. The Morgan fingerprint density at radius 3 is 1.82 bits per heavy atom. The molecule has 11 heteroatoms. The number of carboxylic acids is 1.